The minimum Gasteiger partial charge on any atom is -0.294 e. The second kappa shape index (κ2) is 3.34. The van der Waals surface area contributed by atoms with Gasteiger partial charge < -0.3 is 0 Å². The number of carbonyl (C=O) groups excluding carboxylic acids is 1. The largest absolute Gasteiger partial charge is 0.294 e. The van der Waals surface area contributed by atoms with E-state index in [0.29, 0.717) is 0 Å². The minimum absolute atomic E-state index is 0.179. The fourth-order valence-corrected chi connectivity index (χ4v) is 1.59. The van der Waals surface area contributed by atoms with Gasteiger partial charge in [0.05, 0.1) is 0 Å². The van der Waals surface area contributed by atoms with E-state index in [0.717, 1.165) is 11.1 Å². The number of rotatable bonds is 2. The molecule has 0 saturated heterocycles. The molecule has 0 amide bonds. The first-order valence-electron chi connectivity index (χ1n) is 4.58. The number of aryl methyl sites for hydroxylation is 1. The first-order chi connectivity index (χ1) is 7.17. The molecular weight excluding hydrogens is 192 g/mol. The molecule has 76 valence electrons. The van der Waals surface area contributed by atoms with Crippen LogP contribution in [0, 0.1) is 6.92 Å². The molecule has 0 unspecified atom stereocenters. The van der Waals surface area contributed by atoms with Gasteiger partial charge in [-0.2, -0.15) is 0 Å². The molecule has 0 aromatic heterocycles. The van der Waals surface area contributed by atoms with E-state index < -0.39 is 5.66 Å². The van der Waals surface area contributed by atoms with Crippen LogP contribution in [-0.2, 0) is 10.5 Å². The first kappa shape index (κ1) is 9.64. The number of carbonyl (C=O) groups is 1. The Morgan fingerprint density at radius 2 is 1.80 bits per heavy atom. The average Bonchev–Trinajstić information content (AvgIpc) is 2.68. The minimum atomic E-state index is -1.24. The van der Waals surface area contributed by atoms with Crippen molar-refractivity contribution in [3.63, 3.8) is 0 Å². The number of benzene rings is 1. The monoisotopic (exact) mass is 202 g/mol. The molecular formula is C10H10N4O. The van der Waals surface area contributed by atoms with E-state index in [1.54, 1.807) is 0 Å². The summed E-state index contributed by atoms with van der Waals surface area (Å²) in [4.78, 5) is 11.6. The normalized spacial score (nSPS) is 16.9. The molecule has 1 aliphatic rings. The maximum atomic E-state index is 11.6. The van der Waals surface area contributed by atoms with Gasteiger partial charge in [-0.15, -0.1) is 10.2 Å². The Balaban J connectivity index is 2.62. The molecule has 0 N–H and O–H groups in total. The molecule has 15 heavy (non-hydrogen) atoms. The van der Waals surface area contributed by atoms with Crippen LogP contribution in [0.25, 0.3) is 0 Å². The van der Waals surface area contributed by atoms with Gasteiger partial charge in [-0.3, -0.25) is 4.79 Å². The van der Waals surface area contributed by atoms with Crippen molar-refractivity contribution in [3.05, 3.63) is 35.4 Å². The van der Waals surface area contributed by atoms with Gasteiger partial charge in [0.25, 0.3) is 5.66 Å². The lowest BCUT2D eigenvalue weighted by Crippen LogP contribution is -2.28. The zero-order valence-corrected chi connectivity index (χ0v) is 8.51. The van der Waals surface area contributed by atoms with Crippen LogP contribution in [0.4, 0.5) is 0 Å². The van der Waals surface area contributed by atoms with Crippen molar-refractivity contribution in [2.75, 3.05) is 0 Å². The zero-order chi connectivity index (χ0) is 10.9. The summed E-state index contributed by atoms with van der Waals surface area (Å²) in [6.45, 7) is 3.35. The molecule has 5 nitrogen and oxygen atoms in total. The molecule has 0 radical (unpaired) electrons. The van der Waals surface area contributed by atoms with Crippen LogP contribution in [0.3, 0.4) is 0 Å². The topological polar surface area (TPSA) is 66.5 Å². The quantitative estimate of drug-likeness (QED) is 0.726. The van der Waals surface area contributed by atoms with Crippen molar-refractivity contribution in [3.8, 4) is 0 Å². The van der Waals surface area contributed by atoms with Crippen molar-refractivity contribution >= 4 is 5.78 Å². The highest BCUT2D eigenvalue weighted by atomic mass is 16.1. The number of hydrogen-bond acceptors (Lipinski definition) is 5. The molecule has 5 heteroatoms. The van der Waals surface area contributed by atoms with Gasteiger partial charge >= 0.3 is 0 Å². The van der Waals surface area contributed by atoms with E-state index in [-0.39, 0.29) is 5.78 Å². The molecule has 2 rings (SSSR count). The standard InChI is InChI=1S/C10H10N4O/c1-7-5-3-4-6-9(7)10(8(2)15)11-13-14-12-10/h3-6H,1-2H3. The summed E-state index contributed by atoms with van der Waals surface area (Å²) < 4.78 is 0. The van der Waals surface area contributed by atoms with Crippen LogP contribution in [0.2, 0.25) is 0 Å². The third-order valence-electron chi connectivity index (χ3n) is 2.43. The number of Topliss-reactive ketones (excluding diaryl/α,β-unsaturated/α-hetero) is 1. The Hall–Kier alpha value is -1.91. The SMILES string of the molecule is CC(=O)C1(c2ccccc2C)N=NN=N1. The summed E-state index contributed by atoms with van der Waals surface area (Å²) in [5, 5.41) is 14.6. The zero-order valence-electron chi connectivity index (χ0n) is 8.51. The van der Waals surface area contributed by atoms with Crippen molar-refractivity contribution in [2.45, 2.75) is 19.5 Å². The van der Waals surface area contributed by atoms with Gasteiger partial charge in [0.2, 0.25) is 0 Å². The van der Waals surface area contributed by atoms with E-state index in [1.165, 1.54) is 6.92 Å². The lowest BCUT2D eigenvalue weighted by molar-refractivity contribution is -0.122. The van der Waals surface area contributed by atoms with Crippen molar-refractivity contribution < 1.29 is 4.79 Å². The third-order valence-corrected chi connectivity index (χ3v) is 2.43. The maximum Gasteiger partial charge on any atom is 0.277 e. The summed E-state index contributed by atoms with van der Waals surface area (Å²) in [5.74, 6) is -0.179. The fourth-order valence-electron chi connectivity index (χ4n) is 1.59. The third kappa shape index (κ3) is 1.36. The highest BCUT2D eigenvalue weighted by Crippen LogP contribution is 2.34. The highest BCUT2D eigenvalue weighted by molar-refractivity contribution is 5.87. The summed E-state index contributed by atoms with van der Waals surface area (Å²) in [7, 11) is 0. The molecule has 1 aromatic rings. The molecule has 0 fully saturated rings. The lowest BCUT2D eigenvalue weighted by atomic mass is 9.93. The van der Waals surface area contributed by atoms with Crippen molar-refractivity contribution in [1.82, 2.24) is 0 Å². The average molecular weight is 202 g/mol. The van der Waals surface area contributed by atoms with Crippen LogP contribution in [0.1, 0.15) is 18.1 Å². The molecule has 1 aliphatic heterocycles. The van der Waals surface area contributed by atoms with Crippen LogP contribution in [0.5, 0.6) is 0 Å². The Morgan fingerprint density at radius 3 is 2.33 bits per heavy atom. The predicted octanol–water partition coefficient (Wildman–Crippen LogP) is 2.57. The van der Waals surface area contributed by atoms with Gasteiger partial charge in [-0.05, 0) is 29.9 Å². The molecule has 0 spiro atoms. The van der Waals surface area contributed by atoms with Crippen LogP contribution in [0.15, 0.2) is 44.9 Å². The second-order valence-corrected chi connectivity index (χ2v) is 3.42. The molecule has 1 heterocycles. The van der Waals surface area contributed by atoms with E-state index in [1.807, 2.05) is 31.2 Å². The van der Waals surface area contributed by atoms with Gasteiger partial charge in [0.1, 0.15) is 0 Å². The number of nitrogens with zero attached hydrogens (tertiary/aromatic N) is 4. The van der Waals surface area contributed by atoms with Crippen molar-refractivity contribution in [2.24, 2.45) is 20.7 Å². The first-order valence-corrected chi connectivity index (χ1v) is 4.58. The lowest BCUT2D eigenvalue weighted by Gasteiger charge is -2.18. The van der Waals surface area contributed by atoms with Gasteiger partial charge in [0.15, 0.2) is 5.78 Å². The van der Waals surface area contributed by atoms with E-state index in [4.69, 9.17) is 0 Å². The Bertz CT molecular complexity index is 452. The Kier molecular flexibility index (Phi) is 2.15. The maximum absolute atomic E-state index is 11.6. The van der Waals surface area contributed by atoms with E-state index in [2.05, 4.69) is 20.7 Å². The smallest absolute Gasteiger partial charge is 0.277 e. The predicted molar refractivity (Wildman–Crippen MR) is 53.3 cm³/mol. The molecule has 0 aliphatic carbocycles. The van der Waals surface area contributed by atoms with E-state index >= 15 is 0 Å². The molecule has 0 saturated carbocycles. The molecule has 0 atom stereocenters. The van der Waals surface area contributed by atoms with Gasteiger partial charge in [-0.25, -0.2) is 0 Å². The number of ketones is 1. The van der Waals surface area contributed by atoms with Crippen LogP contribution < -0.4 is 0 Å². The van der Waals surface area contributed by atoms with Crippen molar-refractivity contribution in [1.29, 1.82) is 0 Å². The fraction of sp³-hybridized carbons (Fsp3) is 0.300. The van der Waals surface area contributed by atoms with Gasteiger partial charge in [-0.1, -0.05) is 24.3 Å². The summed E-state index contributed by atoms with van der Waals surface area (Å²) in [6.07, 6.45) is 0. The van der Waals surface area contributed by atoms with Crippen LogP contribution >= 0.6 is 0 Å². The number of hydrogen-bond donors (Lipinski definition) is 0. The second-order valence-electron chi connectivity index (χ2n) is 3.42. The van der Waals surface area contributed by atoms with E-state index in [9.17, 15) is 4.79 Å². The molecule has 1 aromatic carbocycles. The Morgan fingerprint density at radius 1 is 1.20 bits per heavy atom. The summed E-state index contributed by atoms with van der Waals surface area (Å²) >= 11 is 0. The summed E-state index contributed by atoms with van der Waals surface area (Å²) in [5.41, 5.74) is 0.445. The highest BCUT2D eigenvalue weighted by Gasteiger charge is 2.41. The summed E-state index contributed by atoms with van der Waals surface area (Å²) in [6, 6.07) is 7.47. The Labute approximate surface area is 86.9 Å². The van der Waals surface area contributed by atoms with Crippen LogP contribution in [-0.4, -0.2) is 5.78 Å². The molecule has 0 bridgehead atoms. The van der Waals surface area contributed by atoms with Gasteiger partial charge in [0, 0.05) is 5.56 Å².